The summed E-state index contributed by atoms with van der Waals surface area (Å²) in [5.74, 6) is 0.0827. The second-order valence-corrected chi connectivity index (χ2v) is 5.13. The monoisotopic (exact) mass is 292 g/mol. The minimum Gasteiger partial charge on any atom is -0.298 e. The zero-order valence-corrected chi connectivity index (χ0v) is 11.0. The van der Waals surface area contributed by atoms with E-state index in [0.29, 0.717) is 5.02 Å². The molecular weight excluding hydrogens is 284 g/mol. The van der Waals surface area contributed by atoms with Crippen LogP contribution in [0.2, 0.25) is 5.02 Å². The molecule has 1 atom stereocenters. The smallest absolute Gasteiger partial charge is 0.147 e. The van der Waals surface area contributed by atoms with E-state index in [1.54, 1.807) is 18.7 Å². The van der Waals surface area contributed by atoms with Gasteiger partial charge in [-0.3, -0.25) is 4.79 Å². The van der Waals surface area contributed by atoms with Crippen LogP contribution in [0.1, 0.15) is 17.3 Å². The molecule has 0 bridgehead atoms. The van der Waals surface area contributed by atoms with Crippen LogP contribution < -0.4 is 0 Å². The fourth-order valence-electron chi connectivity index (χ4n) is 1.08. The molecule has 1 unspecified atom stereocenters. The van der Waals surface area contributed by atoms with Gasteiger partial charge in [0.2, 0.25) is 0 Å². The predicted octanol–water partition coefficient (Wildman–Crippen LogP) is 4.09. The Bertz CT molecular complexity index is 354. The highest BCUT2D eigenvalue weighted by Gasteiger charge is 2.13. The summed E-state index contributed by atoms with van der Waals surface area (Å²) in [5, 5.41) is 0.664. The molecule has 0 amide bonds. The molecule has 0 spiro atoms. The SMILES string of the molecule is CSc1cc(Cl)cc(C(Br)C(C)=O)c1. The van der Waals surface area contributed by atoms with Crippen molar-refractivity contribution in [2.45, 2.75) is 16.6 Å². The molecule has 4 heteroatoms. The van der Waals surface area contributed by atoms with Gasteiger partial charge in [0, 0.05) is 9.92 Å². The van der Waals surface area contributed by atoms with Crippen LogP contribution in [-0.4, -0.2) is 12.0 Å². The molecule has 1 rings (SSSR count). The number of ketones is 1. The Balaban J connectivity index is 3.08. The molecule has 1 aromatic rings. The van der Waals surface area contributed by atoms with E-state index in [2.05, 4.69) is 15.9 Å². The molecule has 0 aliphatic rings. The van der Waals surface area contributed by atoms with Crippen molar-refractivity contribution in [3.63, 3.8) is 0 Å². The van der Waals surface area contributed by atoms with Crippen molar-refractivity contribution in [3.8, 4) is 0 Å². The molecule has 1 aromatic carbocycles. The summed E-state index contributed by atoms with van der Waals surface area (Å²) in [6.45, 7) is 1.55. The zero-order chi connectivity index (χ0) is 10.7. The fourth-order valence-corrected chi connectivity index (χ4v) is 2.15. The maximum absolute atomic E-state index is 11.2. The average Bonchev–Trinajstić information content (AvgIpc) is 2.15. The summed E-state index contributed by atoms with van der Waals surface area (Å²) < 4.78 is 0. The van der Waals surface area contributed by atoms with Gasteiger partial charge in [-0.15, -0.1) is 11.8 Å². The number of carbonyl (C=O) groups excluding carboxylic acids is 1. The largest absolute Gasteiger partial charge is 0.298 e. The van der Waals surface area contributed by atoms with Crippen LogP contribution in [0.4, 0.5) is 0 Å². The van der Waals surface area contributed by atoms with Crippen LogP contribution in [0.15, 0.2) is 23.1 Å². The van der Waals surface area contributed by atoms with Gasteiger partial charge < -0.3 is 0 Å². The summed E-state index contributed by atoms with van der Waals surface area (Å²) >= 11 is 10.9. The van der Waals surface area contributed by atoms with Crippen molar-refractivity contribution in [1.82, 2.24) is 0 Å². The van der Waals surface area contributed by atoms with Crippen molar-refractivity contribution >= 4 is 45.1 Å². The topological polar surface area (TPSA) is 17.1 Å². The summed E-state index contributed by atoms with van der Waals surface area (Å²) in [4.78, 5) is 12.0. The van der Waals surface area contributed by atoms with Crippen LogP contribution >= 0.6 is 39.3 Å². The highest BCUT2D eigenvalue weighted by Crippen LogP contribution is 2.30. The van der Waals surface area contributed by atoms with Crippen molar-refractivity contribution in [2.24, 2.45) is 0 Å². The molecule has 0 aliphatic heterocycles. The van der Waals surface area contributed by atoms with Crippen molar-refractivity contribution in [2.75, 3.05) is 6.26 Å². The lowest BCUT2D eigenvalue weighted by Crippen LogP contribution is -2.00. The summed E-state index contributed by atoms with van der Waals surface area (Å²) in [5.41, 5.74) is 0.911. The summed E-state index contributed by atoms with van der Waals surface area (Å²) in [6.07, 6.45) is 1.98. The molecule has 0 heterocycles. The molecular formula is C10H10BrClOS. The Labute approximate surface area is 101 Å². The third kappa shape index (κ3) is 3.01. The molecule has 0 N–H and O–H groups in total. The number of Topliss-reactive ketones (excluding diaryl/α,β-unsaturated/α-hetero) is 1. The highest BCUT2D eigenvalue weighted by molar-refractivity contribution is 9.09. The lowest BCUT2D eigenvalue weighted by Gasteiger charge is -2.08. The summed E-state index contributed by atoms with van der Waals surface area (Å²) in [7, 11) is 0. The number of benzene rings is 1. The van der Waals surface area contributed by atoms with Gasteiger partial charge in [-0.05, 0) is 36.9 Å². The normalized spacial score (nSPS) is 12.6. The number of halogens is 2. The first-order valence-corrected chi connectivity index (χ1v) is 6.55. The third-order valence-electron chi connectivity index (χ3n) is 1.78. The van der Waals surface area contributed by atoms with Gasteiger partial charge in [0.25, 0.3) is 0 Å². The van der Waals surface area contributed by atoms with E-state index in [1.807, 2.05) is 24.5 Å². The van der Waals surface area contributed by atoms with Crippen LogP contribution in [0, 0.1) is 0 Å². The molecule has 1 nitrogen and oxygen atoms in total. The number of alkyl halides is 1. The van der Waals surface area contributed by atoms with E-state index < -0.39 is 0 Å². The predicted molar refractivity (Wildman–Crippen MR) is 65.6 cm³/mol. The molecule has 0 aliphatic carbocycles. The number of thioether (sulfide) groups is 1. The molecule has 0 saturated heterocycles. The van der Waals surface area contributed by atoms with Crippen molar-refractivity contribution in [3.05, 3.63) is 28.8 Å². The molecule has 76 valence electrons. The van der Waals surface area contributed by atoms with Gasteiger partial charge in [-0.25, -0.2) is 0 Å². The second-order valence-electron chi connectivity index (χ2n) is 2.90. The van der Waals surface area contributed by atoms with Gasteiger partial charge in [-0.2, -0.15) is 0 Å². The molecule has 0 saturated carbocycles. The third-order valence-corrected chi connectivity index (χ3v) is 3.88. The van der Waals surface area contributed by atoms with Gasteiger partial charge in [0.15, 0.2) is 0 Å². The lowest BCUT2D eigenvalue weighted by molar-refractivity contribution is -0.116. The van der Waals surface area contributed by atoms with Gasteiger partial charge in [-0.1, -0.05) is 27.5 Å². The van der Waals surface area contributed by atoms with E-state index in [4.69, 9.17) is 11.6 Å². The molecule has 0 aromatic heterocycles. The van der Waals surface area contributed by atoms with Crippen molar-refractivity contribution < 1.29 is 4.79 Å². The van der Waals surface area contributed by atoms with Gasteiger partial charge >= 0.3 is 0 Å². The maximum atomic E-state index is 11.2. The van der Waals surface area contributed by atoms with Gasteiger partial charge in [0.1, 0.15) is 5.78 Å². The summed E-state index contributed by atoms with van der Waals surface area (Å²) in [6, 6.07) is 5.66. The number of rotatable bonds is 3. The molecule has 0 fully saturated rings. The van der Waals surface area contributed by atoms with Crippen LogP contribution in [0.3, 0.4) is 0 Å². The quantitative estimate of drug-likeness (QED) is 0.617. The van der Waals surface area contributed by atoms with Crippen molar-refractivity contribution in [1.29, 1.82) is 0 Å². The van der Waals surface area contributed by atoms with E-state index in [9.17, 15) is 4.79 Å². The highest BCUT2D eigenvalue weighted by atomic mass is 79.9. The van der Waals surface area contributed by atoms with E-state index in [-0.39, 0.29) is 10.6 Å². The first kappa shape index (κ1) is 12.1. The Kier molecular flexibility index (Phi) is 4.48. The average molecular weight is 294 g/mol. The first-order valence-electron chi connectivity index (χ1n) is 4.03. The van der Waals surface area contributed by atoms with E-state index in [1.165, 1.54) is 0 Å². The Morgan fingerprint density at radius 2 is 2.14 bits per heavy atom. The first-order chi connectivity index (χ1) is 6.54. The van der Waals surface area contributed by atoms with Crippen LogP contribution in [-0.2, 0) is 4.79 Å². The Hall–Kier alpha value is 0.01000. The van der Waals surface area contributed by atoms with Crippen LogP contribution in [0.5, 0.6) is 0 Å². The molecule has 14 heavy (non-hydrogen) atoms. The number of hydrogen-bond donors (Lipinski definition) is 0. The number of hydrogen-bond acceptors (Lipinski definition) is 2. The Morgan fingerprint density at radius 1 is 1.50 bits per heavy atom. The van der Waals surface area contributed by atoms with Gasteiger partial charge in [0.05, 0.1) is 4.83 Å². The maximum Gasteiger partial charge on any atom is 0.147 e. The molecule has 0 radical (unpaired) electrons. The Morgan fingerprint density at radius 3 is 2.64 bits per heavy atom. The zero-order valence-electron chi connectivity index (χ0n) is 7.88. The minimum absolute atomic E-state index is 0.0827. The fraction of sp³-hybridized carbons (Fsp3) is 0.300. The van der Waals surface area contributed by atoms with E-state index >= 15 is 0 Å². The second kappa shape index (κ2) is 5.19. The lowest BCUT2D eigenvalue weighted by atomic mass is 10.1. The number of carbonyl (C=O) groups is 1. The minimum atomic E-state index is -0.257. The standard InChI is InChI=1S/C10H10BrClOS/c1-6(13)10(11)7-3-8(12)5-9(4-7)14-2/h3-5,10H,1-2H3. The van der Waals surface area contributed by atoms with E-state index in [0.717, 1.165) is 10.5 Å². The van der Waals surface area contributed by atoms with Crippen LogP contribution in [0.25, 0.3) is 0 Å².